The number of halogens is 3. The van der Waals surface area contributed by atoms with E-state index in [9.17, 15) is 18.0 Å². The highest BCUT2D eigenvalue weighted by Gasteiger charge is 2.32. The lowest BCUT2D eigenvalue weighted by molar-refractivity contribution is -0.137. The number of benzene rings is 1. The number of anilines is 1. The molecule has 0 atom stereocenters. The van der Waals surface area contributed by atoms with E-state index in [4.69, 9.17) is 5.73 Å². The van der Waals surface area contributed by atoms with Crippen LogP contribution in [0.2, 0.25) is 0 Å². The van der Waals surface area contributed by atoms with E-state index < -0.39 is 17.6 Å². The predicted octanol–water partition coefficient (Wildman–Crippen LogP) is 2.87. The highest BCUT2D eigenvalue weighted by atomic mass is 32.2. The molecule has 0 bridgehead atoms. The largest absolute Gasteiger partial charge is 0.416 e. The molecule has 0 spiro atoms. The fourth-order valence-electron chi connectivity index (χ4n) is 2.04. The van der Waals surface area contributed by atoms with Gasteiger partial charge in [-0.1, -0.05) is 0 Å². The lowest BCUT2D eigenvalue weighted by Gasteiger charge is -2.21. The smallest absolute Gasteiger partial charge is 0.398 e. The third-order valence-corrected chi connectivity index (χ3v) is 4.17. The van der Waals surface area contributed by atoms with Crippen molar-refractivity contribution in [1.29, 1.82) is 0 Å². The fraction of sp³-hybridized carbons (Fsp3) is 0.462. The van der Waals surface area contributed by atoms with Crippen molar-refractivity contribution < 1.29 is 18.0 Å². The number of nitrogens with zero attached hydrogens (tertiary/aromatic N) is 1. The highest BCUT2D eigenvalue weighted by molar-refractivity contribution is 7.99. The number of nitrogens with two attached hydrogens (primary N) is 1. The van der Waals surface area contributed by atoms with Gasteiger partial charge in [0.05, 0.1) is 11.1 Å². The minimum atomic E-state index is -4.47. The van der Waals surface area contributed by atoms with Gasteiger partial charge in [0, 0.05) is 24.5 Å². The molecule has 1 heterocycles. The maximum atomic E-state index is 12.7. The van der Waals surface area contributed by atoms with Crippen LogP contribution in [0.4, 0.5) is 18.9 Å². The Morgan fingerprint density at radius 2 is 2.00 bits per heavy atom. The molecular formula is C13H15F3N2OS. The van der Waals surface area contributed by atoms with E-state index in [1.807, 2.05) is 0 Å². The Morgan fingerprint density at radius 3 is 2.70 bits per heavy atom. The van der Waals surface area contributed by atoms with Crippen LogP contribution in [0, 0.1) is 0 Å². The lowest BCUT2D eigenvalue weighted by atomic mass is 10.1. The highest BCUT2D eigenvalue weighted by Crippen LogP contribution is 2.31. The number of amides is 1. The summed E-state index contributed by atoms with van der Waals surface area (Å²) >= 11 is 1.74. The summed E-state index contributed by atoms with van der Waals surface area (Å²) in [6.45, 7) is 1.10. The molecule has 0 aliphatic carbocycles. The molecule has 2 rings (SSSR count). The first kappa shape index (κ1) is 15.0. The number of rotatable bonds is 1. The third-order valence-electron chi connectivity index (χ3n) is 3.12. The second-order valence-corrected chi connectivity index (χ2v) is 5.78. The molecule has 20 heavy (non-hydrogen) atoms. The molecule has 1 aliphatic heterocycles. The first-order valence-corrected chi connectivity index (χ1v) is 7.39. The molecule has 0 unspecified atom stereocenters. The maximum absolute atomic E-state index is 12.7. The molecule has 0 radical (unpaired) electrons. The zero-order chi connectivity index (χ0) is 14.8. The van der Waals surface area contributed by atoms with Gasteiger partial charge in [-0.15, -0.1) is 0 Å². The van der Waals surface area contributed by atoms with Crippen molar-refractivity contribution in [3.8, 4) is 0 Å². The van der Waals surface area contributed by atoms with Crippen LogP contribution in [-0.4, -0.2) is 35.4 Å². The van der Waals surface area contributed by atoms with Crippen molar-refractivity contribution in [2.75, 3.05) is 30.3 Å². The van der Waals surface area contributed by atoms with Crippen molar-refractivity contribution >= 4 is 23.4 Å². The van der Waals surface area contributed by atoms with Gasteiger partial charge in [0.25, 0.3) is 5.91 Å². The predicted molar refractivity (Wildman–Crippen MR) is 73.7 cm³/mol. The van der Waals surface area contributed by atoms with Crippen LogP contribution in [0.5, 0.6) is 0 Å². The summed E-state index contributed by atoms with van der Waals surface area (Å²) in [6.07, 6.45) is -3.63. The molecule has 1 aromatic rings. The molecule has 3 nitrogen and oxygen atoms in total. The second-order valence-electron chi connectivity index (χ2n) is 4.56. The maximum Gasteiger partial charge on any atom is 0.416 e. The van der Waals surface area contributed by atoms with E-state index in [0.717, 1.165) is 36.1 Å². The number of carbonyl (C=O) groups excluding carboxylic acids is 1. The van der Waals surface area contributed by atoms with Crippen molar-refractivity contribution in [1.82, 2.24) is 4.90 Å². The van der Waals surface area contributed by atoms with E-state index in [2.05, 4.69) is 0 Å². The summed E-state index contributed by atoms with van der Waals surface area (Å²) in [6, 6.07) is 2.88. The van der Waals surface area contributed by atoms with Gasteiger partial charge in [-0.3, -0.25) is 4.79 Å². The second kappa shape index (κ2) is 5.95. The quantitative estimate of drug-likeness (QED) is 0.812. The molecule has 110 valence electrons. The fourth-order valence-corrected chi connectivity index (χ4v) is 2.92. The average molecular weight is 304 g/mol. The normalized spacial score (nSPS) is 16.9. The van der Waals surface area contributed by atoms with E-state index in [1.165, 1.54) is 0 Å². The van der Waals surface area contributed by atoms with Gasteiger partial charge in [0.2, 0.25) is 0 Å². The minimum absolute atomic E-state index is 0.0632. The molecule has 1 amide bonds. The summed E-state index contributed by atoms with van der Waals surface area (Å²) in [7, 11) is 0. The average Bonchev–Trinajstić information content (AvgIpc) is 2.66. The zero-order valence-electron chi connectivity index (χ0n) is 10.7. The van der Waals surface area contributed by atoms with Crippen molar-refractivity contribution in [2.45, 2.75) is 12.6 Å². The number of carbonyl (C=O) groups is 1. The first-order valence-electron chi connectivity index (χ1n) is 6.23. The number of thioether (sulfide) groups is 1. The Bertz CT molecular complexity index is 497. The number of hydrogen-bond acceptors (Lipinski definition) is 3. The lowest BCUT2D eigenvalue weighted by Crippen LogP contribution is -2.33. The Balaban J connectivity index is 2.28. The van der Waals surface area contributed by atoms with Gasteiger partial charge in [0.1, 0.15) is 0 Å². The molecule has 1 aliphatic rings. The molecule has 1 aromatic carbocycles. The topological polar surface area (TPSA) is 46.3 Å². The van der Waals surface area contributed by atoms with Crippen molar-refractivity contribution in [2.24, 2.45) is 0 Å². The molecular weight excluding hydrogens is 289 g/mol. The van der Waals surface area contributed by atoms with Gasteiger partial charge >= 0.3 is 6.18 Å². The van der Waals surface area contributed by atoms with Crippen LogP contribution in [0.3, 0.4) is 0 Å². The number of hydrogen-bond donors (Lipinski definition) is 1. The van der Waals surface area contributed by atoms with Gasteiger partial charge in [-0.05, 0) is 30.4 Å². The van der Waals surface area contributed by atoms with Gasteiger partial charge in [0.15, 0.2) is 0 Å². The zero-order valence-corrected chi connectivity index (χ0v) is 11.6. The molecule has 1 fully saturated rings. The summed E-state index contributed by atoms with van der Waals surface area (Å²) < 4.78 is 38.1. The van der Waals surface area contributed by atoms with Crippen LogP contribution >= 0.6 is 11.8 Å². The van der Waals surface area contributed by atoms with E-state index in [-0.39, 0.29) is 11.3 Å². The molecule has 7 heteroatoms. The van der Waals surface area contributed by atoms with Crippen LogP contribution in [-0.2, 0) is 6.18 Å². The summed E-state index contributed by atoms with van der Waals surface area (Å²) in [5.41, 5.74) is 4.83. The van der Waals surface area contributed by atoms with Crippen molar-refractivity contribution in [3.63, 3.8) is 0 Å². The molecule has 0 aromatic heterocycles. The number of nitrogen functional groups attached to an aromatic ring is 1. The van der Waals surface area contributed by atoms with Crippen LogP contribution in [0.15, 0.2) is 18.2 Å². The molecule has 1 saturated heterocycles. The van der Waals surface area contributed by atoms with Gasteiger partial charge in [-0.25, -0.2) is 0 Å². The van der Waals surface area contributed by atoms with E-state index >= 15 is 0 Å². The summed E-state index contributed by atoms with van der Waals surface area (Å²) in [4.78, 5) is 13.9. The van der Waals surface area contributed by atoms with Crippen molar-refractivity contribution in [3.05, 3.63) is 29.3 Å². The SMILES string of the molecule is Nc1ccc(C(F)(F)F)cc1C(=O)N1CCCSCC1. The summed E-state index contributed by atoms with van der Waals surface area (Å²) in [5, 5.41) is 0. The monoisotopic (exact) mass is 304 g/mol. The van der Waals surface area contributed by atoms with E-state index in [1.54, 1.807) is 16.7 Å². The van der Waals surface area contributed by atoms with Gasteiger partial charge < -0.3 is 10.6 Å². The molecule has 0 saturated carbocycles. The Hall–Kier alpha value is -1.37. The van der Waals surface area contributed by atoms with Gasteiger partial charge in [-0.2, -0.15) is 24.9 Å². The summed E-state index contributed by atoms with van der Waals surface area (Å²) in [5.74, 6) is 1.34. The Morgan fingerprint density at radius 1 is 1.25 bits per heavy atom. The third kappa shape index (κ3) is 3.39. The standard InChI is InChI=1S/C13H15F3N2OS/c14-13(15,16)9-2-3-11(17)10(8-9)12(19)18-4-1-6-20-7-5-18/h2-3,8H,1,4-7,17H2. The van der Waals surface area contributed by atoms with Crippen LogP contribution < -0.4 is 5.73 Å². The van der Waals surface area contributed by atoms with E-state index in [0.29, 0.717) is 13.1 Å². The van der Waals surface area contributed by atoms with Crippen LogP contribution in [0.25, 0.3) is 0 Å². The van der Waals surface area contributed by atoms with Crippen LogP contribution in [0.1, 0.15) is 22.3 Å². The Labute approximate surface area is 119 Å². The Kier molecular flexibility index (Phi) is 4.47. The number of alkyl halides is 3. The first-order chi connectivity index (χ1) is 9.39. The minimum Gasteiger partial charge on any atom is -0.398 e. The molecule has 2 N–H and O–H groups in total.